The molecule has 0 aliphatic heterocycles. The molecule has 1 unspecified atom stereocenters. The fourth-order valence-electron chi connectivity index (χ4n) is 1.88. The number of anilines is 1. The number of ether oxygens (including phenoxy) is 1. The Hall–Kier alpha value is -2.76. The molecule has 0 bridgehead atoms. The SMILES string of the molecule is COC(=O)c1ccc(C(C)Nc2cccc(C(N)=O)c2)o1. The molecule has 0 radical (unpaired) electrons. The van der Waals surface area contributed by atoms with Gasteiger partial charge < -0.3 is 20.2 Å². The van der Waals surface area contributed by atoms with E-state index in [1.807, 2.05) is 13.0 Å². The maximum absolute atomic E-state index is 11.3. The first-order chi connectivity index (χ1) is 10.0. The molecule has 2 aromatic rings. The van der Waals surface area contributed by atoms with Crippen LogP contribution in [-0.4, -0.2) is 19.0 Å². The van der Waals surface area contributed by atoms with Gasteiger partial charge in [-0.2, -0.15) is 0 Å². The van der Waals surface area contributed by atoms with Gasteiger partial charge >= 0.3 is 5.97 Å². The van der Waals surface area contributed by atoms with Gasteiger partial charge in [-0.05, 0) is 37.3 Å². The number of rotatable bonds is 5. The van der Waals surface area contributed by atoms with Gasteiger partial charge in [-0.1, -0.05) is 6.07 Å². The van der Waals surface area contributed by atoms with Gasteiger partial charge in [0.05, 0.1) is 13.2 Å². The van der Waals surface area contributed by atoms with Crippen LogP contribution in [0.5, 0.6) is 0 Å². The number of methoxy groups -OCH3 is 1. The zero-order valence-electron chi connectivity index (χ0n) is 11.8. The minimum Gasteiger partial charge on any atom is -0.463 e. The van der Waals surface area contributed by atoms with E-state index in [-0.39, 0.29) is 11.8 Å². The van der Waals surface area contributed by atoms with Crippen LogP contribution in [0.4, 0.5) is 5.69 Å². The van der Waals surface area contributed by atoms with Gasteiger partial charge in [0.1, 0.15) is 5.76 Å². The van der Waals surface area contributed by atoms with Crippen molar-refractivity contribution in [2.45, 2.75) is 13.0 Å². The zero-order chi connectivity index (χ0) is 15.4. The number of primary amides is 1. The van der Waals surface area contributed by atoms with E-state index in [1.54, 1.807) is 30.3 Å². The molecule has 1 aromatic carbocycles. The molecule has 1 aromatic heterocycles. The van der Waals surface area contributed by atoms with Gasteiger partial charge in [-0.25, -0.2) is 4.79 Å². The number of amides is 1. The van der Waals surface area contributed by atoms with Crippen LogP contribution >= 0.6 is 0 Å². The average Bonchev–Trinajstić information content (AvgIpc) is 2.96. The van der Waals surface area contributed by atoms with Crippen molar-refractivity contribution in [1.82, 2.24) is 0 Å². The molecule has 2 rings (SSSR count). The number of nitrogens with two attached hydrogens (primary N) is 1. The van der Waals surface area contributed by atoms with Crippen molar-refractivity contribution >= 4 is 17.6 Å². The monoisotopic (exact) mass is 288 g/mol. The van der Waals surface area contributed by atoms with Crippen LogP contribution in [0.3, 0.4) is 0 Å². The topological polar surface area (TPSA) is 94.6 Å². The second-order valence-electron chi connectivity index (χ2n) is 4.50. The van der Waals surface area contributed by atoms with Crippen LogP contribution in [0.15, 0.2) is 40.8 Å². The highest BCUT2D eigenvalue weighted by atomic mass is 16.5. The molecular formula is C15H16N2O4. The van der Waals surface area contributed by atoms with Gasteiger partial charge in [0.25, 0.3) is 0 Å². The molecule has 0 saturated heterocycles. The minimum atomic E-state index is -0.524. The second kappa shape index (κ2) is 6.13. The number of hydrogen-bond acceptors (Lipinski definition) is 5. The molecule has 0 spiro atoms. The molecule has 6 nitrogen and oxygen atoms in total. The molecule has 1 amide bonds. The van der Waals surface area contributed by atoms with Crippen LogP contribution in [0, 0.1) is 0 Å². The zero-order valence-corrected chi connectivity index (χ0v) is 11.8. The fraction of sp³-hybridized carbons (Fsp3) is 0.200. The van der Waals surface area contributed by atoms with E-state index in [4.69, 9.17) is 10.2 Å². The molecule has 3 N–H and O–H groups in total. The van der Waals surface area contributed by atoms with Crippen molar-refractivity contribution in [3.8, 4) is 0 Å². The Balaban J connectivity index is 2.12. The minimum absolute atomic E-state index is 0.145. The van der Waals surface area contributed by atoms with Gasteiger partial charge in [-0.3, -0.25) is 4.79 Å². The summed E-state index contributed by atoms with van der Waals surface area (Å²) in [6, 6.07) is 9.90. The van der Waals surface area contributed by atoms with E-state index < -0.39 is 11.9 Å². The summed E-state index contributed by atoms with van der Waals surface area (Å²) in [5.74, 6) is -0.284. The van der Waals surface area contributed by atoms with Gasteiger partial charge in [0.2, 0.25) is 11.7 Å². The molecular weight excluding hydrogens is 272 g/mol. The highest BCUT2D eigenvalue weighted by Gasteiger charge is 2.15. The van der Waals surface area contributed by atoms with Gasteiger partial charge in [0.15, 0.2) is 0 Å². The van der Waals surface area contributed by atoms with E-state index >= 15 is 0 Å². The van der Waals surface area contributed by atoms with Crippen LogP contribution in [0.25, 0.3) is 0 Å². The summed E-state index contributed by atoms with van der Waals surface area (Å²) in [5.41, 5.74) is 6.39. The number of hydrogen-bond donors (Lipinski definition) is 2. The summed E-state index contributed by atoms with van der Waals surface area (Å²) >= 11 is 0. The van der Waals surface area contributed by atoms with Crippen molar-refractivity contribution in [1.29, 1.82) is 0 Å². The van der Waals surface area contributed by atoms with E-state index in [0.29, 0.717) is 11.3 Å². The van der Waals surface area contributed by atoms with Crippen molar-refractivity contribution < 1.29 is 18.7 Å². The van der Waals surface area contributed by atoms with Crippen molar-refractivity contribution in [2.75, 3.05) is 12.4 Å². The summed E-state index contributed by atoms with van der Waals surface area (Å²) in [6.45, 7) is 1.87. The highest BCUT2D eigenvalue weighted by molar-refractivity contribution is 5.93. The lowest BCUT2D eigenvalue weighted by atomic mass is 10.1. The number of carbonyl (C=O) groups is 2. The Kier molecular flexibility index (Phi) is 4.27. The molecule has 21 heavy (non-hydrogen) atoms. The Morgan fingerprint density at radius 2 is 2.05 bits per heavy atom. The lowest BCUT2D eigenvalue weighted by molar-refractivity contribution is 0.0562. The summed E-state index contributed by atoms with van der Waals surface area (Å²) in [6.07, 6.45) is 0. The maximum Gasteiger partial charge on any atom is 0.373 e. The van der Waals surface area contributed by atoms with E-state index in [2.05, 4.69) is 10.1 Å². The number of furan rings is 1. The summed E-state index contributed by atoms with van der Waals surface area (Å²) < 4.78 is 10.0. The van der Waals surface area contributed by atoms with Crippen LogP contribution in [-0.2, 0) is 4.74 Å². The van der Waals surface area contributed by atoms with E-state index in [9.17, 15) is 9.59 Å². The maximum atomic E-state index is 11.3. The van der Waals surface area contributed by atoms with E-state index in [1.165, 1.54) is 7.11 Å². The van der Waals surface area contributed by atoms with E-state index in [0.717, 1.165) is 5.69 Å². The van der Waals surface area contributed by atoms with Crippen molar-refractivity contribution in [3.63, 3.8) is 0 Å². The Bertz CT molecular complexity index is 663. The molecule has 0 aliphatic rings. The number of carbonyl (C=O) groups excluding carboxylic acids is 2. The first-order valence-corrected chi connectivity index (χ1v) is 6.35. The molecule has 0 aliphatic carbocycles. The van der Waals surface area contributed by atoms with Gasteiger partial charge in [0, 0.05) is 11.3 Å². The first-order valence-electron chi connectivity index (χ1n) is 6.35. The highest BCUT2D eigenvalue weighted by Crippen LogP contribution is 2.22. The summed E-state index contributed by atoms with van der Waals surface area (Å²) in [7, 11) is 1.29. The molecule has 1 heterocycles. The number of benzene rings is 1. The van der Waals surface area contributed by atoms with Gasteiger partial charge in [-0.15, -0.1) is 0 Å². The standard InChI is InChI=1S/C15H16N2O4/c1-9(12-6-7-13(21-12)15(19)20-2)17-11-5-3-4-10(8-11)14(16)18/h3-9,17H,1-2H3,(H2,16,18). The van der Waals surface area contributed by atoms with Crippen LogP contribution in [0.2, 0.25) is 0 Å². The average molecular weight is 288 g/mol. The normalized spacial score (nSPS) is 11.7. The third-order valence-electron chi connectivity index (χ3n) is 2.97. The Morgan fingerprint density at radius 3 is 2.71 bits per heavy atom. The van der Waals surface area contributed by atoms with Crippen LogP contribution in [0.1, 0.15) is 39.6 Å². The smallest absolute Gasteiger partial charge is 0.373 e. The molecule has 6 heteroatoms. The number of nitrogens with one attached hydrogen (secondary N) is 1. The molecule has 0 fully saturated rings. The quantitative estimate of drug-likeness (QED) is 0.823. The molecule has 0 saturated carbocycles. The first kappa shape index (κ1) is 14.6. The molecule has 1 atom stereocenters. The fourth-order valence-corrected chi connectivity index (χ4v) is 1.88. The van der Waals surface area contributed by atoms with Crippen LogP contribution < -0.4 is 11.1 Å². The second-order valence-corrected chi connectivity index (χ2v) is 4.50. The Morgan fingerprint density at radius 1 is 1.29 bits per heavy atom. The lowest BCUT2D eigenvalue weighted by Gasteiger charge is -2.13. The predicted molar refractivity (Wildman–Crippen MR) is 77.0 cm³/mol. The molecule has 110 valence electrons. The summed E-state index contributed by atoms with van der Waals surface area (Å²) in [5, 5.41) is 3.17. The lowest BCUT2D eigenvalue weighted by Crippen LogP contribution is -2.12. The Labute approximate surface area is 121 Å². The largest absolute Gasteiger partial charge is 0.463 e. The third-order valence-corrected chi connectivity index (χ3v) is 2.97. The predicted octanol–water partition coefficient (Wildman–Crippen LogP) is 2.34. The summed E-state index contributed by atoms with van der Waals surface area (Å²) in [4.78, 5) is 22.5. The van der Waals surface area contributed by atoms with Crippen molar-refractivity contribution in [3.05, 3.63) is 53.5 Å². The third kappa shape index (κ3) is 3.42. The number of esters is 1. The van der Waals surface area contributed by atoms with Crippen molar-refractivity contribution in [2.24, 2.45) is 5.73 Å².